The van der Waals surface area contributed by atoms with E-state index in [0.717, 1.165) is 48.6 Å². The van der Waals surface area contributed by atoms with Gasteiger partial charge >= 0.3 is 0 Å². The van der Waals surface area contributed by atoms with Gasteiger partial charge in [0.15, 0.2) is 0 Å². The summed E-state index contributed by atoms with van der Waals surface area (Å²) in [4.78, 5) is 17.4. The fourth-order valence-electron chi connectivity index (χ4n) is 3.90. The van der Waals surface area contributed by atoms with Gasteiger partial charge in [-0.2, -0.15) is 0 Å². The number of anilines is 1. The van der Waals surface area contributed by atoms with Crippen LogP contribution in [0.3, 0.4) is 0 Å². The van der Waals surface area contributed by atoms with Crippen LogP contribution in [0.15, 0.2) is 34.9 Å². The molecule has 5 heteroatoms. The highest BCUT2D eigenvalue weighted by atomic mass is 16.5. The Morgan fingerprint density at radius 3 is 2.38 bits per heavy atom. The van der Waals surface area contributed by atoms with Crippen molar-refractivity contribution in [1.82, 2.24) is 10.1 Å². The van der Waals surface area contributed by atoms with Crippen LogP contribution in [0.2, 0.25) is 0 Å². The number of benzene rings is 1. The number of amides is 1. The van der Waals surface area contributed by atoms with E-state index < -0.39 is 0 Å². The molecule has 158 valence electrons. The Morgan fingerprint density at radius 1 is 1.14 bits per heavy atom. The zero-order valence-electron chi connectivity index (χ0n) is 18.6. The average molecular weight is 398 g/mol. The molecule has 1 aromatic heterocycles. The lowest BCUT2D eigenvalue weighted by atomic mass is 9.91. The minimum absolute atomic E-state index is 0.0448. The van der Waals surface area contributed by atoms with Crippen LogP contribution in [0.25, 0.3) is 11.3 Å². The topological polar surface area (TPSA) is 49.6 Å². The number of hydrogen-bond donors (Lipinski definition) is 0. The lowest BCUT2D eigenvalue weighted by Crippen LogP contribution is -2.39. The van der Waals surface area contributed by atoms with Crippen LogP contribution in [-0.4, -0.2) is 35.1 Å². The maximum Gasteiger partial charge on any atom is 0.232 e. The third-order valence-electron chi connectivity index (χ3n) is 5.41. The highest BCUT2D eigenvalue weighted by molar-refractivity contribution is 5.78. The molecule has 0 bridgehead atoms. The molecule has 0 unspecified atom stereocenters. The van der Waals surface area contributed by atoms with Crippen LogP contribution in [0.1, 0.15) is 65.9 Å². The third-order valence-corrected chi connectivity index (χ3v) is 5.41. The molecule has 1 saturated heterocycles. The Hall–Kier alpha value is -2.30. The first kappa shape index (κ1) is 21.4. The van der Waals surface area contributed by atoms with E-state index in [1.807, 2.05) is 23.1 Å². The Balaban J connectivity index is 1.97. The zero-order chi connectivity index (χ0) is 21.0. The molecule has 0 atom stereocenters. The highest BCUT2D eigenvalue weighted by Gasteiger charge is 2.29. The quantitative estimate of drug-likeness (QED) is 0.645. The molecule has 5 nitrogen and oxygen atoms in total. The molecular formula is C24H35N3O2. The third kappa shape index (κ3) is 5.40. The number of aromatic nitrogens is 1. The van der Waals surface area contributed by atoms with Crippen molar-refractivity contribution < 1.29 is 9.32 Å². The summed E-state index contributed by atoms with van der Waals surface area (Å²) in [6, 6.07) is 10.2. The second-order valence-electron chi connectivity index (χ2n) is 9.58. The standard InChI is InChI=1S/C24H35N3O2/c1-18(2)27(21(28)16-24(3,4)5)17-20-22(19-12-8-6-9-13-19)25-29-23(20)26-14-10-7-11-15-26/h6,8-9,12-13,18H,7,10-11,14-17H2,1-5H3. The molecule has 1 amide bonds. The van der Waals surface area contributed by atoms with E-state index in [2.05, 4.69) is 56.8 Å². The van der Waals surface area contributed by atoms with Crippen LogP contribution < -0.4 is 4.90 Å². The number of carbonyl (C=O) groups is 1. The Morgan fingerprint density at radius 2 is 1.79 bits per heavy atom. The molecule has 0 spiro atoms. The summed E-state index contributed by atoms with van der Waals surface area (Å²) in [5.41, 5.74) is 2.85. The first-order valence-electron chi connectivity index (χ1n) is 10.8. The SMILES string of the molecule is CC(C)N(Cc1c(-c2ccccc2)noc1N1CCCCC1)C(=O)CC(C)(C)C. The van der Waals surface area contributed by atoms with Crippen molar-refractivity contribution in [3.63, 3.8) is 0 Å². The number of rotatable bonds is 6. The molecule has 0 N–H and O–H groups in total. The Bertz CT molecular complexity index is 799. The van der Waals surface area contributed by atoms with E-state index in [9.17, 15) is 4.79 Å². The molecule has 1 fully saturated rings. The van der Waals surface area contributed by atoms with Gasteiger partial charge in [-0.25, -0.2) is 0 Å². The predicted octanol–water partition coefficient (Wildman–Crippen LogP) is 5.51. The molecule has 3 rings (SSSR count). The van der Waals surface area contributed by atoms with Gasteiger partial charge in [-0.3, -0.25) is 4.79 Å². The van der Waals surface area contributed by atoms with Crippen LogP contribution in [0.4, 0.5) is 5.88 Å². The molecule has 1 aromatic carbocycles. The van der Waals surface area contributed by atoms with E-state index in [1.54, 1.807) is 0 Å². The monoisotopic (exact) mass is 397 g/mol. The van der Waals surface area contributed by atoms with Gasteiger partial charge in [0.25, 0.3) is 0 Å². The molecule has 1 aliphatic heterocycles. The highest BCUT2D eigenvalue weighted by Crippen LogP contribution is 2.34. The molecule has 1 aliphatic rings. The van der Waals surface area contributed by atoms with Gasteiger partial charge in [-0.05, 0) is 38.5 Å². The van der Waals surface area contributed by atoms with Crippen molar-refractivity contribution in [3.8, 4) is 11.3 Å². The van der Waals surface area contributed by atoms with Crippen molar-refractivity contribution in [2.24, 2.45) is 5.41 Å². The predicted molar refractivity (Wildman–Crippen MR) is 118 cm³/mol. The molecule has 0 saturated carbocycles. The number of piperidine rings is 1. The molecule has 2 aromatic rings. The lowest BCUT2D eigenvalue weighted by molar-refractivity contribution is -0.135. The summed E-state index contributed by atoms with van der Waals surface area (Å²) in [7, 11) is 0. The van der Waals surface area contributed by atoms with Gasteiger partial charge in [-0.15, -0.1) is 0 Å². The lowest BCUT2D eigenvalue weighted by Gasteiger charge is -2.31. The van der Waals surface area contributed by atoms with Crippen LogP contribution in [0, 0.1) is 5.41 Å². The van der Waals surface area contributed by atoms with Crippen molar-refractivity contribution in [3.05, 3.63) is 35.9 Å². The molecule has 2 heterocycles. The first-order valence-corrected chi connectivity index (χ1v) is 10.8. The van der Waals surface area contributed by atoms with Gasteiger partial charge in [0, 0.05) is 31.1 Å². The second-order valence-corrected chi connectivity index (χ2v) is 9.58. The van der Waals surface area contributed by atoms with E-state index in [1.165, 1.54) is 6.42 Å². The fourth-order valence-corrected chi connectivity index (χ4v) is 3.90. The largest absolute Gasteiger partial charge is 0.340 e. The van der Waals surface area contributed by atoms with Crippen LogP contribution >= 0.6 is 0 Å². The van der Waals surface area contributed by atoms with Gasteiger partial charge in [0.1, 0.15) is 5.69 Å². The van der Waals surface area contributed by atoms with Gasteiger partial charge in [0.05, 0.1) is 12.1 Å². The normalized spacial score (nSPS) is 15.0. The van der Waals surface area contributed by atoms with Gasteiger partial charge in [-0.1, -0.05) is 56.3 Å². The van der Waals surface area contributed by atoms with Gasteiger partial charge < -0.3 is 14.3 Å². The summed E-state index contributed by atoms with van der Waals surface area (Å²) in [6.07, 6.45) is 4.11. The van der Waals surface area contributed by atoms with Crippen molar-refractivity contribution in [1.29, 1.82) is 0 Å². The van der Waals surface area contributed by atoms with E-state index in [0.29, 0.717) is 13.0 Å². The summed E-state index contributed by atoms with van der Waals surface area (Å²) in [5, 5.41) is 4.45. The first-order chi connectivity index (χ1) is 13.8. The number of hydrogen-bond acceptors (Lipinski definition) is 4. The average Bonchev–Trinajstić information content (AvgIpc) is 3.09. The maximum atomic E-state index is 13.1. The molecule has 0 aliphatic carbocycles. The molecular weight excluding hydrogens is 362 g/mol. The zero-order valence-corrected chi connectivity index (χ0v) is 18.6. The smallest absolute Gasteiger partial charge is 0.232 e. The second kappa shape index (κ2) is 9.02. The molecule has 0 radical (unpaired) electrons. The Kier molecular flexibility index (Phi) is 6.66. The minimum atomic E-state index is -0.0448. The van der Waals surface area contributed by atoms with Crippen molar-refractivity contribution >= 4 is 11.8 Å². The van der Waals surface area contributed by atoms with Crippen molar-refractivity contribution in [2.75, 3.05) is 18.0 Å². The summed E-state index contributed by atoms with van der Waals surface area (Å²) < 4.78 is 5.89. The maximum absolute atomic E-state index is 13.1. The summed E-state index contributed by atoms with van der Waals surface area (Å²) in [6.45, 7) is 13.0. The minimum Gasteiger partial charge on any atom is -0.340 e. The summed E-state index contributed by atoms with van der Waals surface area (Å²) in [5.74, 6) is 1.01. The van der Waals surface area contributed by atoms with Crippen LogP contribution in [0.5, 0.6) is 0 Å². The number of nitrogens with zero attached hydrogens (tertiary/aromatic N) is 3. The van der Waals surface area contributed by atoms with Crippen molar-refractivity contribution in [2.45, 2.75) is 72.9 Å². The van der Waals surface area contributed by atoms with E-state index in [-0.39, 0.29) is 17.4 Å². The molecule has 29 heavy (non-hydrogen) atoms. The van der Waals surface area contributed by atoms with Crippen LogP contribution in [-0.2, 0) is 11.3 Å². The Labute approximate surface area is 175 Å². The fraction of sp³-hybridized carbons (Fsp3) is 0.583. The van der Waals surface area contributed by atoms with E-state index in [4.69, 9.17) is 4.52 Å². The van der Waals surface area contributed by atoms with E-state index >= 15 is 0 Å². The summed E-state index contributed by atoms with van der Waals surface area (Å²) >= 11 is 0. The number of carbonyl (C=O) groups excluding carboxylic acids is 1. The van der Waals surface area contributed by atoms with Gasteiger partial charge in [0.2, 0.25) is 11.8 Å².